The Balaban J connectivity index is 2.43. The first-order chi connectivity index (χ1) is 11.2. The molecule has 4 heteroatoms. The van der Waals surface area contributed by atoms with Gasteiger partial charge in [-0.25, -0.2) is 4.39 Å². The van der Waals surface area contributed by atoms with E-state index in [2.05, 4.69) is 0 Å². The number of hydrogen-bond acceptors (Lipinski definition) is 3. The standard InChI is InChI=1S/C19H17FO3/c1-22-18(13-21)19(23-2)17-6-4-3-5-15(17)10-7-14-8-11-16(20)12-9-14/h3-13H,1-2H3. The number of ether oxygens (including phenoxy) is 2. The number of hydrogen-bond donors (Lipinski definition) is 0. The molecule has 0 aliphatic rings. The van der Waals surface area contributed by atoms with Crippen LogP contribution >= 0.6 is 0 Å². The van der Waals surface area contributed by atoms with Crippen molar-refractivity contribution in [2.45, 2.75) is 0 Å². The summed E-state index contributed by atoms with van der Waals surface area (Å²) in [7, 11) is 2.90. The fourth-order valence-corrected chi connectivity index (χ4v) is 2.15. The summed E-state index contributed by atoms with van der Waals surface area (Å²) in [6, 6.07) is 13.7. The van der Waals surface area contributed by atoms with E-state index in [1.807, 2.05) is 36.4 Å². The largest absolute Gasteiger partial charge is 0.492 e. The Morgan fingerprint density at radius 3 is 2.26 bits per heavy atom. The zero-order valence-corrected chi connectivity index (χ0v) is 13.0. The molecule has 2 rings (SSSR count). The molecule has 2 aromatic carbocycles. The molecule has 3 nitrogen and oxygen atoms in total. The van der Waals surface area contributed by atoms with Gasteiger partial charge >= 0.3 is 0 Å². The number of allylic oxidation sites excluding steroid dienone is 1. The van der Waals surface area contributed by atoms with Gasteiger partial charge in [0.1, 0.15) is 5.82 Å². The summed E-state index contributed by atoms with van der Waals surface area (Å²) in [6.45, 7) is 0. The molecule has 0 N–H and O–H groups in total. The zero-order valence-electron chi connectivity index (χ0n) is 13.0. The van der Waals surface area contributed by atoms with E-state index in [4.69, 9.17) is 9.47 Å². The lowest BCUT2D eigenvalue weighted by Gasteiger charge is -2.12. The second-order valence-electron chi connectivity index (χ2n) is 4.69. The maximum Gasteiger partial charge on any atom is 0.201 e. The average Bonchev–Trinajstić information content (AvgIpc) is 2.59. The van der Waals surface area contributed by atoms with E-state index in [1.54, 1.807) is 12.1 Å². The predicted molar refractivity (Wildman–Crippen MR) is 88.8 cm³/mol. The smallest absolute Gasteiger partial charge is 0.201 e. The van der Waals surface area contributed by atoms with Crippen molar-refractivity contribution in [2.75, 3.05) is 14.2 Å². The Labute approximate surface area is 134 Å². The van der Waals surface area contributed by atoms with E-state index < -0.39 is 0 Å². The monoisotopic (exact) mass is 312 g/mol. The number of halogens is 1. The second-order valence-corrected chi connectivity index (χ2v) is 4.69. The molecule has 0 atom stereocenters. The third kappa shape index (κ3) is 4.07. The summed E-state index contributed by atoms with van der Waals surface area (Å²) in [4.78, 5) is 11.1. The Morgan fingerprint density at radius 2 is 1.65 bits per heavy atom. The molecule has 2 aromatic rings. The van der Waals surface area contributed by atoms with Gasteiger partial charge in [0.15, 0.2) is 12.0 Å². The average molecular weight is 312 g/mol. The van der Waals surface area contributed by atoms with Crippen LogP contribution in [0.15, 0.2) is 54.3 Å². The van der Waals surface area contributed by atoms with E-state index in [0.29, 0.717) is 12.0 Å². The van der Waals surface area contributed by atoms with Gasteiger partial charge in [0.25, 0.3) is 0 Å². The highest BCUT2D eigenvalue weighted by Gasteiger charge is 2.12. The topological polar surface area (TPSA) is 35.5 Å². The summed E-state index contributed by atoms with van der Waals surface area (Å²) in [5, 5.41) is 0. The van der Waals surface area contributed by atoms with Crippen LogP contribution < -0.4 is 0 Å². The highest BCUT2D eigenvalue weighted by molar-refractivity contribution is 5.86. The molecule has 23 heavy (non-hydrogen) atoms. The fraction of sp³-hybridized carbons (Fsp3) is 0.105. The van der Waals surface area contributed by atoms with E-state index in [-0.39, 0.29) is 11.6 Å². The minimum absolute atomic E-state index is 0.120. The summed E-state index contributed by atoms with van der Waals surface area (Å²) in [5.41, 5.74) is 2.45. The number of aldehydes is 1. The fourth-order valence-electron chi connectivity index (χ4n) is 2.15. The molecule has 118 valence electrons. The molecule has 0 heterocycles. The van der Waals surface area contributed by atoms with Crippen LogP contribution in [0.5, 0.6) is 0 Å². The number of carbonyl (C=O) groups is 1. The van der Waals surface area contributed by atoms with Crippen molar-refractivity contribution in [2.24, 2.45) is 0 Å². The van der Waals surface area contributed by atoms with Crippen molar-refractivity contribution in [3.8, 4) is 0 Å². The Bertz CT molecular complexity index is 731. The lowest BCUT2D eigenvalue weighted by molar-refractivity contribution is -0.107. The third-order valence-corrected chi connectivity index (χ3v) is 3.29. The van der Waals surface area contributed by atoms with Gasteiger partial charge in [-0.3, -0.25) is 4.79 Å². The third-order valence-electron chi connectivity index (χ3n) is 3.29. The Kier molecular flexibility index (Phi) is 5.69. The van der Waals surface area contributed by atoms with E-state index in [0.717, 1.165) is 16.7 Å². The number of rotatable bonds is 6. The van der Waals surface area contributed by atoms with Crippen molar-refractivity contribution in [1.29, 1.82) is 0 Å². The van der Waals surface area contributed by atoms with Crippen LogP contribution in [0.3, 0.4) is 0 Å². The van der Waals surface area contributed by atoms with Crippen LogP contribution in [-0.2, 0) is 14.3 Å². The van der Waals surface area contributed by atoms with Crippen molar-refractivity contribution in [3.63, 3.8) is 0 Å². The van der Waals surface area contributed by atoms with Crippen LogP contribution in [0.4, 0.5) is 4.39 Å². The first kappa shape index (κ1) is 16.5. The van der Waals surface area contributed by atoms with Crippen molar-refractivity contribution < 1.29 is 18.7 Å². The van der Waals surface area contributed by atoms with Gasteiger partial charge < -0.3 is 9.47 Å². The second kappa shape index (κ2) is 7.94. The van der Waals surface area contributed by atoms with Crippen molar-refractivity contribution in [3.05, 3.63) is 76.8 Å². The maximum absolute atomic E-state index is 12.9. The first-order valence-corrected chi connectivity index (χ1v) is 7.00. The van der Waals surface area contributed by atoms with Crippen LogP contribution in [0.2, 0.25) is 0 Å². The van der Waals surface area contributed by atoms with Crippen molar-refractivity contribution >= 4 is 24.2 Å². The normalized spacial score (nSPS) is 12.0. The van der Waals surface area contributed by atoms with Gasteiger partial charge in [0, 0.05) is 5.56 Å². The Morgan fingerprint density at radius 1 is 0.957 bits per heavy atom. The van der Waals surface area contributed by atoms with Crippen LogP contribution in [0, 0.1) is 5.82 Å². The lowest BCUT2D eigenvalue weighted by Crippen LogP contribution is -2.00. The van der Waals surface area contributed by atoms with Gasteiger partial charge in [-0.15, -0.1) is 0 Å². The molecule has 0 aromatic heterocycles. The van der Waals surface area contributed by atoms with Gasteiger partial charge in [0.2, 0.25) is 5.76 Å². The maximum atomic E-state index is 12.9. The summed E-state index contributed by atoms with van der Waals surface area (Å²) < 4.78 is 23.3. The molecular formula is C19H17FO3. The molecule has 0 radical (unpaired) electrons. The van der Waals surface area contributed by atoms with Crippen LogP contribution in [-0.4, -0.2) is 20.5 Å². The van der Waals surface area contributed by atoms with Gasteiger partial charge in [-0.1, -0.05) is 48.6 Å². The van der Waals surface area contributed by atoms with Gasteiger partial charge in [-0.05, 0) is 23.3 Å². The minimum atomic E-state index is -0.275. The van der Waals surface area contributed by atoms with E-state index in [9.17, 15) is 9.18 Å². The lowest BCUT2D eigenvalue weighted by atomic mass is 10.0. The van der Waals surface area contributed by atoms with Gasteiger partial charge in [-0.2, -0.15) is 0 Å². The summed E-state index contributed by atoms with van der Waals surface area (Å²) >= 11 is 0. The molecule has 0 aliphatic heterocycles. The minimum Gasteiger partial charge on any atom is -0.492 e. The van der Waals surface area contributed by atoms with Crippen LogP contribution in [0.25, 0.3) is 17.9 Å². The molecule has 0 aliphatic carbocycles. The first-order valence-electron chi connectivity index (χ1n) is 7.00. The van der Waals surface area contributed by atoms with E-state index in [1.165, 1.54) is 26.4 Å². The molecule has 0 bridgehead atoms. The Hall–Kier alpha value is -2.88. The predicted octanol–water partition coefficient (Wildman–Crippen LogP) is 4.16. The SMILES string of the molecule is COC(C=O)=C(OC)c1ccccc1C=Cc1ccc(F)cc1. The highest BCUT2D eigenvalue weighted by Crippen LogP contribution is 2.24. The molecular weight excluding hydrogens is 295 g/mol. The number of carbonyl (C=O) groups excluding carboxylic acids is 1. The molecule has 0 unspecified atom stereocenters. The summed E-state index contributed by atoms with van der Waals surface area (Å²) in [6.07, 6.45) is 4.35. The summed E-state index contributed by atoms with van der Waals surface area (Å²) in [5.74, 6) is 0.208. The number of methoxy groups -OCH3 is 2. The van der Waals surface area contributed by atoms with E-state index >= 15 is 0 Å². The van der Waals surface area contributed by atoms with Crippen LogP contribution in [0.1, 0.15) is 16.7 Å². The highest BCUT2D eigenvalue weighted by atomic mass is 19.1. The quantitative estimate of drug-likeness (QED) is 0.348. The molecule has 0 saturated heterocycles. The zero-order chi connectivity index (χ0) is 16.7. The molecule has 0 amide bonds. The molecule has 0 spiro atoms. The van der Waals surface area contributed by atoms with Crippen molar-refractivity contribution in [1.82, 2.24) is 0 Å². The molecule has 0 fully saturated rings. The van der Waals surface area contributed by atoms with Gasteiger partial charge in [0.05, 0.1) is 14.2 Å². The molecule has 0 saturated carbocycles. The number of benzene rings is 2.